The van der Waals surface area contributed by atoms with E-state index >= 15 is 0 Å². The summed E-state index contributed by atoms with van der Waals surface area (Å²) in [7, 11) is -2.21. The molecule has 24 heavy (non-hydrogen) atoms. The van der Waals surface area contributed by atoms with Crippen LogP contribution in [0.2, 0.25) is 5.02 Å². The molecule has 0 aliphatic rings. The molecule has 0 saturated heterocycles. The third-order valence-corrected chi connectivity index (χ3v) is 6.46. The summed E-state index contributed by atoms with van der Waals surface area (Å²) in [4.78, 5) is 0.182. The fourth-order valence-electron chi connectivity index (χ4n) is 2.24. The van der Waals surface area contributed by atoms with Crippen LogP contribution in [0.25, 0.3) is 0 Å². The highest BCUT2D eigenvalue weighted by Crippen LogP contribution is 2.31. The van der Waals surface area contributed by atoms with Gasteiger partial charge in [-0.2, -0.15) is 0 Å². The molecule has 128 valence electrons. The second kappa shape index (κ2) is 7.59. The van der Waals surface area contributed by atoms with Crippen molar-refractivity contribution in [2.45, 2.75) is 11.8 Å². The van der Waals surface area contributed by atoms with Crippen LogP contribution in [0.3, 0.4) is 0 Å². The van der Waals surface area contributed by atoms with E-state index in [4.69, 9.17) is 16.3 Å². The largest absolute Gasteiger partial charge is 0.496 e. The van der Waals surface area contributed by atoms with E-state index in [1.807, 2.05) is 0 Å². The van der Waals surface area contributed by atoms with Crippen LogP contribution in [0.5, 0.6) is 5.75 Å². The maximum absolute atomic E-state index is 13.1. The van der Waals surface area contributed by atoms with Gasteiger partial charge in [0.2, 0.25) is 0 Å². The van der Waals surface area contributed by atoms with Crippen molar-refractivity contribution in [3.8, 4) is 5.75 Å². The SMILES string of the molecule is C=CCN(c1ccc(Br)c(Cl)c1)S(=O)(=O)c1ccc(OC)c(C)c1. The maximum atomic E-state index is 13.1. The van der Waals surface area contributed by atoms with Crippen LogP contribution < -0.4 is 9.04 Å². The Bertz CT molecular complexity index is 868. The topological polar surface area (TPSA) is 46.6 Å². The number of hydrogen-bond donors (Lipinski definition) is 0. The van der Waals surface area contributed by atoms with Crippen molar-refractivity contribution in [3.05, 3.63) is 64.1 Å². The zero-order chi connectivity index (χ0) is 17.9. The Morgan fingerprint density at radius 3 is 2.54 bits per heavy atom. The molecule has 0 bridgehead atoms. The third-order valence-electron chi connectivity index (χ3n) is 3.44. The number of nitrogens with zero attached hydrogens (tertiary/aromatic N) is 1. The minimum Gasteiger partial charge on any atom is -0.496 e. The summed E-state index contributed by atoms with van der Waals surface area (Å²) in [5.41, 5.74) is 1.21. The van der Waals surface area contributed by atoms with Gasteiger partial charge in [-0.15, -0.1) is 6.58 Å². The fraction of sp³-hybridized carbons (Fsp3) is 0.176. The molecule has 0 unspecified atom stereocenters. The highest BCUT2D eigenvalue weighted by atomic mass is 79.9. The molecule has 0 fully saturated rings. The highest BCUT2D eigenvalue weighted by molar-refractivity contribution is 9.10. The molecule has 2 rings (SSSR count). The van der Waals surface area contributed by atoms with E-state index in [0.29, 0.717) is 20.9 Å². The Kier molecular flexibility index (Phi) is 5.96. The van der Waals surface area contributed by atoms with E-state index in [1.54, 1.807) is 44.4 Å². The van der Waals surface area contributed by atoms with E-state index in [2.05, 4.69) is 22.5 Å². The van der Waals surface area contributed by atoms with Gasteiger partial charge in [-0.1, -0.05) is 17.7 Å². The summed E-state index contributed by atoms with van der Waals surface area (Å²) in [6, 6.07) is 9.75. The van der Waals surface area contributed by atoms with Crippen LogP contribution in [-0.4, -0.2) is 22.1 Å². The Labute approximate surface area is 155 Å². The molecule has 0 radical (unpaired) electrons. The average molecular weight is 431 g/mol. The standard InChI is InChI=1S/C17H17BrClNO3S/c1-4-9-20(13-5-7-15(18)16(19)11-13)24(21,22)14-6-8-17(23-3)12(2)10-14/h4-8,10-11H,1,9H2,2-3H3. The molecule has 0 aliphatic carbocycles. The van der Waals surface area contributed by atoms with Crippen LogP contribution in [0.15, 0.2) is 58.4 Å². The molecular formula is C17H17BrClNO3S. The number of sulfonamides is 1. The van der Waals surface area contributed by atoms with Crippen LogP contribution in [0, 0.1) is 6.92 Å². The van der Waals surface area contributed by atoms with Crippen LogP contribution in [0.1, 0.15) is 5.56 Å². The summed E-state index contributed by atoms with van der Waals surface area (Å²) in [6.45, 7) is 5.58. The summed E-state index contributed by atoms with van der Waals surface area (Å²) in [5, 5.41) is 0.433. The molecule has 2 aromatic rings. The predicted octanol–water partition coefficient (Wildman–Crippen LogP) is 4.80. The maximum Gasteiger partial charge on any atom is 0.264 e. The van der Waals surface area contributed by atoms with Crippen molar-refractivity contribution < 1.29 is 13.2 Å². The molecule has 2 aromatic carbocycles. The van der Waals surface area contributed by atoms with Gasteiger partial charge in [0.1, 0.15) is 5.75 Å². The molecule has 0 aliphatic heterocycles. The molecule has 0 aromatic heterocycles. The predicted molar refractivity (Wildman–Crippen MR) is 102 cm³/mol. The van der Waals surface area contributed by atoms with E-state index in [-0.39, 0.29) is 11.4 Å². The summed E-state index contributed by atoms with van der Waals surface area (Å²) in [6.07, 6.45) is 1.53. The van der Waals surface area contributed by atoms with Gasteiger partial charge in [0.15, 0.2) is 0 Å². The fourth-order valence-corrected chi connectivity index (χ4v) is 4.17. The number of halogens is 2. The van der Waals surface area contributed by atoms with Crippen LogP contribution in [-0.2, 0) is 10.0 Å². The molecule has 0 saturated carbocycles. The third kappa shape index (κ3) is 3.77. The van der Waals surface area contributed by atoms with Gasteiger partial charge in [-0.3, -0.25) is 4.31 Å². The van der Waals surface area contributed by atoms with Gasteiger partial charge in [-0.25, -0.2) is 8.42 Å². The summed E-state index contributed by atoms with van der Waals surface area (Å²) >= 11 is 9.41. The first-order chi connectivity index (χ1) is 11.3. The highest BCUT2D eigenvalue weighted by Gasteiger charge is 2.25. The molecule has 0 atom stereocenters. The second-order valence-corrected chi connectivity index (χ2v) is 8.18. The van der Waals surface area contributed by atoms with E-state index in [9.17, 15) is 8.42 Å². The van der Waals surface area contributed by atoms with E-state index < -0.39 is 10.0 Å². The second-order valence-electron chi connectivity index (χ2n) is 5.05. The van der Waals surface area contributed by atoms with Gasteiger partial charge in [0, 0.05) is 4.47 Å². The van der Waals surface area contributed by atoms with Gasteiger partial charge < -0.3 is 4.74 Å². The molecule has 0 N–H and O–H groups in total. The van der Waals surface area contributed by atoms with Crippen molar-refractivity contribution >= 4 is 43.2 Å². The Morgan fingerprint density at radius 2 is 2.00 bits per heavy atom. The van der Waals surface area contributed by atoms with Crippen LogP contribution >= 0.6 is 27.5 Å². The van der Waals surface area contributed by atoms with Crippen molar-refractivity contribution in [1.29, 1.82) is 0 Å². The van der Waals surface area contributed by atoms with Gasteiger partial charge >= 0.3 is 0 Å². The first kappa shape index (κ1) is 18.8. The first-order valence-corrected chi connectivity index (χ1v) is 9.65. The van der Waals surface area contributed by atoms with Crippen molar-refractivity contribution in [3.63, 3.8) is 0 Å². The Balaban J connectivity index is 2.54. The lowest BCUT2D eigenvalue weighted by molar-refractivity contribution is 0.411. The molecule has 0 spiro atoms. The lowest BCUT2D eigenvalue weighted by Gasteiger charge is -2.24. The van der Waals surface area contributed by atoms with Gasteiger partial charge in [0.25, 0.3) is 10.0 Å². The molecule has 4 nitrogen and oxygen atoms in total. The zero-order valence-electron chi connectivity index (χ0n) is 13.3. The number of methoxy groups -OCH3 is 1. The van der Waals surface area contributed by atoms with Gasteiger partial charge in [-0.05, 0) is 64.8 Å². The Hall–Kier alpha value is -1.50. The number of ether oxygens (including phenoxy) is 1. The number of anilines is 1. The Morgan fingerprint density at radius 1 is 1.29 bits per heavy atom. The number of aryl methyl sites for hydroxylation is 1. The smallest absolute Gasteiger partial charge is 0.264 e. The molecule has 0 heterocycles. The van der Waals surface area contributed by atoms with Crippen LogP contribution in [0.4, 0.5) is 5.69 Å². The monoisotopic (exact) mass is 429 g/mol. The number of hydrogen-bond acceptors (Lipinski definition) is 3. The lowest BCUT2D eigenvalue weighted by Crippen LogP contribution is -2.31. The number of rotatable bonds is 6. The summed E-state index contributed by atoms with van der Waals surface area (Å²) < 4.78 is 33.3. The van der Waals surface area contributed by atoms with Crippen molar-refractivity contribution in [1.82, 2.24) is 0 Å². The average Bonchev–Trinajstić information content (AvgIpc) is 2.55. The minimum absolute atomic E-state index is 0.130. The van der Waals surface area contributed by atoms with Crippen molar-refractivity contribution in [2.24, 2.45) is 0 Å². The minimum atomic E-state index is -3.76. The molecular weight excluding hydrogens is 414 g/mol. The van der Waals surface area contributed by atoms with Gasteiger partial charge in [0.05, 0.1) is 29.3 Å². The van der Waals surface area contributed by atoms with E-state index in [1.165, 1.54) is 16.4 Å². The normalized spacial score (nSPS) is 11.2. The lowest BCUT2D eigenvalue weighted by atomic mass is 10.2. The van der Waals surface area contributed by atoms with Crippen molar-refractivity contribution in [2.75, 3.05) is 18.0 Å². The molecule has 0 amide bonds. The number of benzene rings is 2. The summed E-state index contributed by atoms with van der Waals surface area (Å²) in [5.74, 6) is 0.635. The quantitative estimate of drug-likeness (QED) is 0.618. The first-order valence-electron chi connectivity index (χ1n) is 7.04. The zero-order valence-corrected chi connectivity index (χ0v) is 16.5. The molecule has 7 heteroatoms. The van der Waals surface area contributed by atoms with E-state index in [0.717, 1.165) is 5.56 Å².